The van der Waals surface area contributed by atoms with Crippen molar-refractivity contribution < 1.29 is 13.2 Å². The highest BCUT2D eigenvalue weighted by atomic mass is 32.2. The average molecular weight is 288 g/mol. The molecule has 3 rings (SSSR count). The molecule has 2 N–H and O–H groups in total. The van der Waals surface area contributed by atoms with E-state index in [-0.39, 0.29) is 11.5 Å². The number of hydrogen-bond acceptors (Lipinski definition) is 5. The Hall–Kier alpha value is -2.34. The molecule has 5 nitrogen and oxygen atoms in total. The molecule has 0 saturated carbocycles. The van der Waals surface area contributed by atoms with E-state index in [4.69, 9.17) is 10.5 Å². The minimum atomic E-state index is -3.42. The normalized spacial score (nSPS) is 15.5. The van der Waals surface area contributed by atoms with E-state index in [0.29, 0.717) is 22.6 Å². The lowest BCUT2D eigenvalue weighted by molar-refractivity contribution is 0.368. The van der Waals surface area contributed by atoms with Crippen LogP contribution in [0.25, 0.3) is 5.57 Å². The molecule has 1 aliphatic heterocycles. The van der Waals surface area contributed by atoms with Crippen molar-refractivity contribution in [1.29, 1.82) is 0 Å². The van der Waals surface area contributed by atoms with Gasteiger partial charge in [0, 0.05) is 28.4 Å². The van der Waals surface area contributed by atoms with Crippen LogP contribution in [0.3, 0.4) is 0 Å². The van der Waals surface area contributed by atoms with E-state index in [0.717, 1.165) is 0 Å². The van der Waals surface area contributed by atoms with E-state index < -0.39 is 9.84 Å². The van der Waals surface area contributed by atoms with Gasteiger partial charge in [-0.3, -0.25) is 4.98 Å². The third-order valence-corrected chi connectivity index (χ3v) is 4.56. The number of hydrogen-bond donors (Lipinski definition) is 1. The van der Waals surface area contributed by atoms with Crippen molar-refractivity contribution in [2.75, 3.05) is 12.3 Å². The van der Waals surface area contributed by atoms with Crippen LogP contribution < -0.4 is 10.5 Å². The summed E-state index contributed by atoms with van der Waals surface area (Å²) in [6.45, 7) is 0.131. The fourth-order valence-corrected chi connectivity index (χ4v) is 3.63. The maximum absolute atomic E-state index is 12.0. The Labute approximate surface area is 116 Å². The highest BCUT2D eigenvalue weighted by molar-refractivity contribution is 7.95. The zero-order chi connectivity index (χ0) is 14.2. The lowest BCUT2D eigenvalue weighted by Gasteiger charge is -2.09. The molecule has 6 heteroatoms. The van der Waals surface area contributed by atoms with E-state index in [9.17, 15) is 8.42 Å². The van der Waals surface area contributed by atoms with Crippen LogP contribution in [-0.4, -0.2) is 20.0 Å². The Morgan fingerprint density at radius 2 is 2.05 bits per heavy atom. The maximum Gasteiger partial charge on any atom is 0.200 e. The number of nitrogens with two attached hydrogens (primary N) is 1. The first-order valence-corrected chi connectivity index (χ1v) is 7.50. The maximum atomic E-state index is 12.0. The van der Waals surface area contributed by atoms with Crippen LogP contribution in [0.15, 0.2) is 53.0 Å². The number of nitrogens with zero attached hydrogens (tertiary/aromatic N) is 1. The predicted molar refractivity (Wildman–Crippen MR) is 75.7 cm³/mol. The zero-order valence-corrected chi connectivity index (χ0v) is 11.3. The number of pyridine rings is 1. The first kappa shape index (κ1) is 12.7. The second-order valence-corrected chi connectivity index (χ2v) is 6.15. The van der Waals surface area contributed by atoms with E-state index in [1.54, 1.807) is 42.7 Å². The summed E-state index contributed by atoms with van der Waals surface area (Å²) in [4.78, 5) is 4.17. The Balaban J connectivity index is 1.93. The van der Waals surface area contributed by atoms with Gasteiger partial charge in [-0.25, -0.2) is 8.42 Å². The van der Waals surface area contributed by atoms with E-state index in [2.05, 4.69) is 4.98 Å². The van der Waals surface area contributed by atoms with Gasteiger partial charge in [0.2, 0.25) is 9.84 Å². The third kappa shape index (κ3) is 2.14. The summed E-state index contributed by atoms with van der Waals surface area (Å²) < 4.78 is 29.6. The van der Waals surface area contributed by atoms with Crippen molar-refractivity contribution in [3.05, 3.63) is 53.7 Å². The Bertz CT molecular complexity index is 783. The van der Waals surface area contributed by atoms with Crippen LogP contribution in [0.2, 0.25) is 0 Å². The standard InChI is InChI=1S/C14H12N2O3S/c15-12-4-1-5-13-14(12)10(9-20(13,17)18)8-19-11-3-2-6-16-7-11/h1-7,9H,8,15H2. The average Bonchev–Trinajstić information content (AvgIpc) is 2.71. The Morgan fingerprint density at radius 3 is 2.80 bits per heavy atom. The topological polar surface area (TPSA) is 82.3 Å². The van der Waals surface area contributed by atoms with E-state index >= 15 is 0 Å². The molecule has 2 aromatic rings. The lowest BCUT2D eigenvalue weighted by atomic mass is 10.1. The molecule has 1 aliphatic rings. The summed E-state index contributed by atoms with van der Waals surface area (Å²) in [5, 5.41) is 1.21. The number of anilines is 1. The van der Waals surface area contributed by atoms with Crippen molar-refractivity contribution in [3.63, 3.8) is 0 Å². The molecule has 1 aromatic carbocycles. The van der Waals surface area contributed by atoms with Gasteiger partial charge in [-0.2, -0.15) is 0 Å². The van der Waals surface area contributed by atoms with Crippen molar-refractivity contribution in [2.45, 2.75) is 4.90 Å². The monoisotopic (exact) mass is 288 g/mol. The molecular weight excluding hydrogens is 276 g/mol. The highest BCUT2D eigenvalue weighted by Crippen LogP contribution is 2.37. The molecular formula is C14H12N2O3S. The Kier molecular flexibility index (Phi) is 2.94. The van der Waals surface area contributed by atoms with Crippen LogP contribution in [0.5, 0.6) is 5.75 Å². The Morgan fingerprint density at radius 1 is 1.20 bits per heavy atom. The van der Waals surface area contributed by atoms with E-state index in [1.807, 2.05) is 0 Å². The molecule has 0 bridgehead atoms. The first-order valence-electron chi connectivity index (χ1n) is 5.95. The first-order chi connectivity index (χ1) is 9.58. The smallest absolute Gasteiger partial charge is 0.200 e. The summed E-state index contributed by atoms with van der Waals surface area (Å²) in [6, 6.07) is 8.36. The summed E-state index contributed by atoms with van der Waals surface area (Å²) in [6.07, 6.45) is 3.21. The molecule has 0 fully saturated rings. The summed E-state index contributed by atoms with van der Waals surface area (Å²) >= 11 is 0. The van der Waals surface area contributed by atoms with Gasteiger partial charge in [-0.15, -0.1) is 0 Å². The van der Waals surface area contributed by atoms with Crippen molar-refractivity contribution in [1.82, 2.24) is 4.98 Å². The number of aromatic nitrogens is 1. The second-order valence-electron chi connectivity index (χ2n) is 4.39. The zero-order valence-electron chi connectivity index (χ0n) is 10.5. The molecule has 0 saturated heterocycles. The molecule has 20 heavy (non-hydrogen) atoms. The largest absolute Gasteiger partial charge is 0.487 e. The predicted octanol–water partition coefficient (Wildman–Crippen LogP) is 1.87. The molecule has 0 spiro atoms. The van der Waals surface area contributed by atoms with Crippen LogP contribution >= 0.6 is 0 Å². The van der Waals surface area contributed by atoms with Crippen molar-refractivity contribution in [3.8, 4) is 5.75 Å². The number of rotatable bonds is 3. The SMILES string of the molecule is Nc1cccc2c1C(COc1cccnc1)=CS2(=O)=O. The molecule has 2 heterocycles. The lowest BCUT2D eigenvalue weighted by Crippen LogP contribution is -2.02. The number of ether oxygens (including phenoxy) is 1. The summed E-state index contributed by atoms with van der Waals surface area (Å²) in [5.74, 6) is 0.578. The van der Waals surface area contributed by atoms with Gasteiger partial charge < -0.3 is 10.5 Å². The molecule has 0 radical (unpaired) electrons. The fraction of sp³-hybridized carbons (Fsp3) is 0.0714. The van der Waals surface area contributed by atoms with Crippen LogP contribution in [0, 0.1) is 0 Å². The van der Waals surface area contributed by atoms with Crippen molar-refractivity contribution >= 4 is 21.1 Å². The molecule has 0 unspecified atom stereocenters. The minimum Gasteiger partial charge on any atom is -0.487 e. The van der Waals surface area contributed by atoms with E-state index in [1.165, 1.54) is 5.41 Å². The number of fused-ring (bicyclic) bond motifs is 1. The molecule has 102 valence electrons. The van der Waals surface area contributed by atoms with Gasteiger partial charge >= 0.3 is 0 Å². The summed E-state index contributed by atoms with van der Waals surface area (Å²) in [5.41, 5.74) is 7.41. The third-order valence-electron chi connectivity index (χ3n) is 3.01. The molecule has 0 amide bonds. The number of sulfone groups is 1. The quantitative estimate of drug-likeness (QED) is 0.872. The second kappa shape index (κ2) is 4.64. The number of nitrogen functional groups attached to an aromatic ring is 1. The van der Waals surface area contributed by atoms with Gasteiger partial charge in [0.15, 0.2) is 0 Å². The van der Waals surface area contributed by atoms with Gasteiger partial charge in [0.25, 0.3) is 0 Å². The van der Waals surface area contributed by atoms with Crippen LogP contribution in [0.4, 0.5) is 5.69 Å². The number of benzene rings is 1. The molecule has 1 aromatic heterocycles. The fourth-order valence-electron chi connectivity index (χ4n) is 2.14. The van der Waals surface area contributed by atoms with Gasteiger partial charge in [0.05, 0.1) is 11.1 Å². The highest BCUT2D eigenvalue weighted by Gasteiger charge is 2.28. The molecule has 0 aliphatic carbocycles. The van der Waals surface area contributed by atoms with Gasteiger partial charge in [-0.1, -0.05) is 6.07 Å². The summed E-state index contributed by atoms with van der Waals surface area (Å²) in [7, 11) is -3.42. The minimum absolute atomic E-state index is 0.131. The van der Waals surface area contributed by atoms with Gasteiger partial charge in [0.1, 0.15) is 12.4 Å². The van der Waals surface area contributed by atoms with Crippen molar-refractivity contribution in [2.24, 2.45) is 0 Å². The molecule has 0 atom stereocenters. The van der Waals surface area contributed by atoms with Crippen LogP contribution in [-0.2, 0) is 9.84 Å². The van der Waals surface area contributed by atoms with Crippen LogP contribution in [0.1, 0.15) is 5.56 Å². The van der Waals surface area contributed by atoms with Gasteiger partial charge in [-0.05, 0) is 24.3 Å².